The van der Waals surface area contributed by atoms with E-state index in [9.17, 15) is 8.42 Å². The third-order valence-corrected chi connectivity index (χ3v) is 4.63. The molecule has 1 aromatic rings. The first-order valence-electron chi connectivity index (χ1n) is 4.99. The van der Waals surface area contributed by atoms with Crippen molar-refractivity contribution in [1.82, 2.24) is 0 Å². The molecule has 2 N–H and O–H groups in total. The van der Waals surface area contributed by atoms with Crippen LogP contribution in [0.2, 0.25) is 0 Å². The van der Waals surface area contributed by atoms with Crippen LogP contribution in [0.25, 0.3) is 0 Å². The van der Waals surface area contributed by atoms with Crippen molar-refractivity contribution in [1.29, 1.82) is 0 Å². The van der Waals surface area contributed by atoms with Gasteiger partial charge < -0.3 is 5.73 Å². The molecule has 1 rings (SSSR count). The third kappa shape index (κ3) is 2.79. The Morgan fingerprint density at radius 3 is 2.60 bits per heavy atom. The van der Waals surface area contributed by atoms with Crippen LogP contribution in [0.3, 0.4) is 0 Å². The Morgan fingerprint density at radius 1 is 1.40 bits per heavy atom. The summed E-state index contributed by atoms with van der Waals surface area (Å²) in [5, 5.41) is -0.413. The lowest BCUT2D eigenvalue weighted by molar-refractivity contribution is 0.578. The highest BCUT2D eigenvalue weighted by Gasteiger charge is 2.22. The topological polar surface area (TPSA) is 60.2 Å². The molecule has 0 amide bonds. The standard InChI is InChI=1S/C11H17NO2S/c1-9-4-3-5-11(8-9)15(13,14)10(2)6-7-12/h3-5,8,10H,6-7,12H2,1-2H3. The van der Waals surface area contributed by atoms with Crippen LogP contribution in [0.4, 0.5) is 0 Å². The maximum atomic E-state index is 12.0. The molecule has 0 heterocycles. The SMILES string of the molecule is Cc1cccc(S(=O)(=O)C(C)CCN)c1. The third-order valence-electron chi connectivity index (χ3n) is 2.42. The van der Waals surface area contributed by atoms with E-state index in [1.54, 1.807) is 25.1 Å². The van der Waals surface area contributed by atoms with Gasteiger partial charge >= 0.3 is 0 Å². The molecule has 0 spiro atoms. The first kappa shape index (κ1) is 12.2. The zero-order valence-corrected chi connectivity index (χ0v) is 9.92. The number of nitrogens with two attached hydrogens (primary N) is 1. The van der Waals surface area contributed by atoms with Gasteiger partial charge in [-0.15, -0.1) is 0 Å². The van der Waals surface area contributed by atoms with Crippen LogP contribution in [0, 0.1) is 6.92 Å². The van der Waals surface area contributed by atoms with Crippen LogP contribution >= 0.6 is 0 Å². The molecule has 0 aliphatic rings. The molecule has 0 saturated heterocycles. The molecule has 0 bridgehead atoms. The Hall–Kier alpha value is -0.870. The molecular formula is C11H17NO2S. The van der Waals surface area contributed by atoms with E-state index < -0.39 is 15.1 Å². The van der Waals surface area contributed by atoms with Crippen molar-refractivity contribution < 1.29 is 8.42 Å². The van der Waals surface area contributed by atoms with Gasteiger partial charge in [0.1, 0.15) is 0 Å². The molecule has 15 heavy (non-hydrogen) atoms. The van der Waals surface area contributed by atoms with E-state index in [2.05, 4.69) is 0 Å². The van der Waals surface area contributed by atoms with E-state index in [0.717, 1.165) is 5.56 Å². The normalized spacial score (nSPS) is 13.8. The van der Waals surface area contributed by atoms with Gasteiger partial charge in [-0.1, -0.05) is 12.1 Å². The molecule has 0 aromatic heterocycles. The van der Waals surface area contributed by atoms with Gasteiger partial charge in [-0.25, -0.2) is 8.42 Å². The predicted molar refractivity (Wildman–Crippen MR) is 61.5 cm³/mol. The average Bonchev–Trinajstić information content (AvgIpc) is 2.18. The molecule has 1 unspecified atom stereocenters. The summed E-state index contributed by atoms with van der Waals surface area (Å²) >= 11 is 0. The van der Waals surface area contributed by atoms with Crippen LogP contribution in [0.15, 0.2) is 29.2 Å². The summed E-state index contributed by atoms with van der Waals surface area (Å²) in [6, 6.07) is 6.97. The fraction of sp³-hybridized carbons (Fsp3) is 0.455. The van der Waals surface area contributed by atoms with E-state index in [-0.39, 0.29) is 0 Å². The van der Waals surface area contributed by atoms with Crippen molar-refractivity contribution in [2.24, 2.45) is 5.73 Å². The zero-order chi connectivity index (χ0) is 11.5. The monoisotopic (exact) mass is 227 g/mol. The van der Waals surface area contributed by atoms with E-state index in [4.69, 9.17) is 5.73 Å². The molecule has 4 heteroatoms. The summed E-state index contributed by atoms with van der Waals surface area (Å²) in [7, 11) is -3.20. The fourth-order valence-electron chi connectivity index (χ4n) is 1.41. The summed E-state index contributed by atoms with van der Waals surface area (Å²) < 4.78 is 24.0. The summed E-state index contributed by atoms with van der Waals surface area (Å²) in [6.07, 6.45) is 0.496. The molecular weight excluding hydrogens is 210 g/mol. The first-order valence-corrected chi connectivity index (χ1v) is 6.53. The highest BCUT2D eigenvalue weighted by atomic mass is 32.2. The molecule has 84 valence electrons. The number of benzene rings is 1. The molecule has 0 fully saturated rings. The predicted octanol–water partition coefficient (Wildman–Crippen LogP) is 1.51. The van der Waals surface area contributed by atoms with Crippen molar-refractivity contribution in [2.45, 2.75) is 30.4 Å². The summed E-state index contributed by atoms with van der Waals surface area (Å²) in [6.45, 7) is 3.98. The summed E-state index contributed by atoms with van der Waals surface area (Å²) in [5.41, 5.74) is 6.32. The van der Waals surface area contributed by atoms with Crippen molar-refractivity contribution >= 4 is 9.84 Å². The van der Waals surface area contributed by atoms with Gasteiger partial charge in [0.25, 0.3) is 0 Å². The Labute approximate surface area is 91.2 Å². The summed E-state index contributed by atoms with van der Waals surface area (Å²) in [5.74, 6) is 0. The molecule has 1 aromatic carbocycles. The van der Waals surface area contributed by atoms with Gasteiger partial charge in [0.15, 0.2) is 9.84 Å². The van der Waals surface area contributed by atoms with Gasteiger partial charge in [-0.2, -0.15) is 0 Å². The Kier molecular flexibility index (Phi) is 3.88. The average molecular weight is 227 g/mol. The first-order chi connectivity index (χ1) is 6.98. The quantitative estimate of drug-likeness (QED) is 0.848. The molecule has 0 aliphatic heterocycles. The molecule has 0 saturated carbocycles. The van der Waals surface area contributed by atoms with Gasteiger partial charge in [0.2, 0.25) is 0 Å². The maximum absolute atomic E-state index is 12.0. The van der Waals surface area contributed by atoms with E-state index in [1.165, 1.54) is 0 Å². The minimum absolute atomic E-state index is 0.392. The lowest BCUT2D eigenvalue weighted by Gasteiger charge is -2.12. The van der Waals surface area contributed by atoms with Gasteiger partial charge in [0.05, 0.1) is 10.1 Å². The number of hydrogen-bond acceptors (Lipinski definition) is 3. The van der Waals surface area contributed by atoms with Crippen LogP contribution < -0.4 is 5.73 Å². The van der Waals surface area contributed by atoms with Gasteiger partial charge in [0, 0.05) is 0 Å². The number of sulfone groups is 1. The van der Waals surface area contributed by atoms with Crippen molar-refractivity contribution in [2.75, 3.05) is 6.54 Å². The molecule has 0 radical (unpaired) electrons. The Balaban J connectivity index is 3.06. The second-order valence-electron chi connectivity index (χ2n) is 3.75. The Bertz CT molecular complexity index is 426. The second kappa shape index (κ2) is 4.77. The van der Waals surface area contributed by atoms with Crippen molar-refractivity contribution in [3.63, 3.8) is 0 Å². The largest absolute Gasteiger partial charge is 0.330 e. The van der Waals surface area contributed by atoms with Gasteiger partial charge in [-0.05, 0) is 44.5 Å². The summed E-state index contributed by atoms with van der Waals surface area (Å²) in [4.78, 5) is 0.392. The number of aryl methyl sites for hydroxylation is 1. The van der Waals surface area contributed by atoms with E-state index in [0.29, 0.717) is 17.9 Å². The second-order valence-corrected chi connectivity index (χ2v) is 6.12. The van der Waals surface area contributed by atoms with E-state index >= 15 is 0 Å². The van der Waals surface area contributed by atoms with Gasteiger partial charge in [-0.3, -0.25) is 0 Å². The molecule has 0 aliphatic carbocycles. The Morgan fingerprint density at radius 2 is 2.07 bits per heavy atom. The van der Waals surface area contributed by atoms with Crippen LogP contribution in [-0.4, -0.2) is 20.2 Å². The minimum atomic E-state index is -3.20. The molecule has 3 nitrogen and oxygen atoms in total. The number of hydrogen-bond donors (Lipinski definition) is 1. The van der Waals surface area contributed by atoms with Crippen molar-refractivity contribution in [3.8, 4) is 0 Å². The van der Waals surface area contributed by atoms with Crippen LogP contribution in [0.5, 0.6) is 0 Å². The smallest absolute Gasteiger partial charge is 0.181 e. The van der Waals surface area contributed by atoms with E-state index in [1.807, 2.05) is 13.0 Å². The fourth-order valence-corrected chi connectivity index (χ4v) is 2.94. The lowest BCUT2D eigenvalue weighted by atomic mass is 10.2. The maximum Gasteiger partial charge on any atom is 0.181 e. The zero-order valence-electron chi connectivity index (χ0n) is 9.10. The highest BCUT2D eigenvalue weighted by molar-refractivity contribution is 7.92. The molecule has 1 atom stereocenters. The lowest BCUT2D eigenvalue weighted by Crippen LogP contribution is -2.21. The van der Waals surface area contributed by atoms with Crippen LogP contribution in [0.1, 0.15) is 18.9 Å². The highest BCUT2D eigenvalue weighted by Crippen LogP contribution is 2.18. The van der Waals surface area contributed by atoms with Crippen molar-refractivity contribution in [3.05, 3.63) is 29.8 Å². The minimum Gasteiger partial charge on any atom is -0.330 e. The van der Waals surface area contributed by atoms with Crippen LogP contribution in [-0.2, 0) is 9.84 Å². The number of rotatable bonds is 4.